The average Bonchev–Trinajstić information content (AvgIpc) is 2.77. The van der Waals surface area contributed by atoms with E-state index in [-0.39, 0.29) is 11.9 Å². The van der Waals surface area contributed by atoms with Crippen molar-refractivity contribution in [2.24, 2.45) is 0 Å². The van der Waals surface area contributed by atoms with Gasteiger partial charge in [0.25, 0.3) is 0 Å². The quantitative estimate of drug-likeness (QED) is 0.693. The van der Waals surface area contributed by atoms with Gasteiger partial charge in [0, 0.05) is 23.1 Å². The predicted octanol–water partition coefficient (Wildman–Crippen LogP) is 1.82. The number of para-hydroxylation sites is 1. The Morgan fingerprint density at radius 3 is 2.89 bits per heavy atom. The van der Waals surface area contributed by atoms with Gasteiger partial charge in [-0.15, -0.1) is 0 Å². The number of aromatic nitrogens is 1. The number of nitrogens with one attached hydrogen (secondary N) is 3. The van der Waals surface area contributed by atoms with Crippen molar-refractivity contribution < 1.29 is 4.79 Å². The molecule has 4 heteroatoms. The number of fused-ring (bicyclic) bond motifs is 1. The fourth-order valence-electron chi connectivity index (χ4n) is 2.14. The lowest BCUT2D eigenvalue weighted by molar-refractivity contribution is -0.120. The van der Waals surface area contributed by atoms with E-state index in [1.54, 1.807) is 0 Å². The molecule has 3 N–H and O–H groups in total. The van der Waals surface area contributed by atoms with Crippen LogP contribution < -0.4 is 10.6 Å². The van der Waals surface area contributed by atoms with E-state index in [2.05, 4.69) is 27.8 Å². The van der Waals surface area contributed by atoms with Crippen molar-refractivity contribution in [3.8, 4) is 0 Å². The lowest BCUT2D eigenvalue weighted by atomic mass is 10.1. The molecule has 0 aliphatic carbocycles. The Morgan fingerprint density at radius 2 is 2.11 bits per heavy atom. The highest BCUT2D eigenvalue weighted by atomic mass is 16.1. The van der Waals surface area contributed by atoms with Gasteiger partial charge in [-0.25, -0.2) is 0 Å². The van der Waals surface area contributed by atoms with Gasteiger partial charge >= 0.3 is 0 Å². The maximum absolute atomic E-state index is 11.4. The first-order valence-electron chi connectivity index (χ1n) is 6.72. The maximum atomic E-state index is 11.4. The Bertz CT molecular complexity index is 545. The van der Waals surface area contributed by atoms with E-state index in [4.69, 9.17) is 0 Å². The molecule has 102 valence electrons. The molecule has 1 amide bonds. The normalized spacial score (nSPS) is 11.1. The van der Waals surface area contributed by atoms with Crippen molar-refractivity contribution in [3.05, 3.63) is 36.0 Å². The van der Waals surface area contributed by atoms with Crippen LogP contribution >= 0.6 is 0 Å². The fraction of sp³-hybridized carbons (Fsp3) is 0.400. The molecule has 0 saturated heterocycles. The second-order valence-electron chi connectivity index (χ2n) is 5.01. The Labute approximate surface area is 113 Å². The highest BCUT2D eigenvalue weighted by Crippen LogP contribution is 2.17. The molecule has 2 aromatic rings. The van der Waals surface area contributed by atoms with Crippen molar-refractivity contribution >= 4 is 16.8 Å². The first-order chi connectivity index (χ1) is 9.16. The van der Waals surface area contributed by atoms with E-state index in [1.807, 2.05) is 32.2 Å². The molecule has 0 saturated carbocycles. The van der Waals surface area contributed by atoms with E-state index < -0.39 is 0 Å². The monoisotopic (exact) mass is 259 g/mol. The van der Waals surface area contributed by atoms with Crippen LogP contribution in [0.4, 0.5) is 0 Å². The zero-order valence-electron chi connectivity index (χ0n) is 11.5. The minimum Gasteiger partial charge on any atom is -0.361 e. The van der Waals surface area contributed by atoms with E-state index >= 15 is 0 Å². The van der Waals surface area contributed by atoms with Gasteiger partial charge in [0.15, 0.2) is 0 Å². The summed E-state index contributed by atoms with van der Waals surface area (Å²) in [5, 5.41) is 7.29. The number of hydrogen-bond acceptors (Lipinski definition) is 2. The molecule has 0 unspecified atom stereocenters. The number of rotatable bonds is 6. The minimum absolute atomic E-state index is 0.0499. The zero-order valence-corrected chi connectivity index (χ0v) is 11.5. The number of H-pyrrole nitrogens is 1. The van der Waals surface area contributed by atoms with Gasteiger partial charge in [-0.05, 0) is 38.4 Å². The van der Waals surface area contributed by atoms with Crippen molar-refractivity contribution in [2.75, 3.05) is 13.1 Å². The summed E-state index contributed by atoms with van der Waals surface area (Å²) in [4.78, 5) is 14.7. The summed E-state index contributed by atoms with van der Waals surface area (Å²) in [5.41, 5.74) is 2.45. The van der Waals surface area contributed by atoms with Crippen molar-refractivity contribution in [1.29, 1.82) is 0 Å². The zero-order chi connectivity index (χ0) is 13.7. The second-order valence-corrected chi connectivity index (χ2v) is 5.01. The summed E-state index contributed by atoms with van der Waals surface area (Å²) < 4.78 is 0. The number of carbonyl (C=O) groups is 1. The Balaban J connectivity index is 1.78. The van der Waals surface area contributed by atoms with Crippen molar-refractivity contribution in [1.82, 2.24) is 15.6 Å². The van der Waals surface area contributed by atoms with Crippen LogP contribution in [0.25, 0.3) is 10.9 Å². The lowest BCUT2D eigenvalue weighted by Crippen LogP contribution is -2.38. The molecule has 1 aromatic carbocycles. The molecule has 0 radical (unpaired) electrons. The van der Waals surface area contributed by atoms with Gasteiger partial charge in [-0.2, -0.15) is 0 Å². The summed E-state index contributed by atoms with van der Waals surface area (Å²) in [6.45, 7) is 5.10. The first kappa shape index (κ1) is 13.6. The van der Waals surface area contributed by atoms with Crippen LogP contribution in [0.15, 0.2) is 30.5 Å². The first-order valence-corrected chi connectivity index (χ1v) is 6.72. The van der Waals surface area contributed by atoms with Gasteiger partial charge in [0.1, 0.15) is 0 Å². The van der Waals surface area contributed by atoms with Crippen LogP contribution in [-0.4, -0.2) is 30.0 Å². The Hall–Kier alpha value is -1.81. The third-order valence-electron chi connectivity index (χ3n) is 2.98. The highest BCUT2D eigenvalue weighted by molar-refractivity contribution is 5.83. The number of hydrogen-bond donors (Lipinski definition) is 3. The van der Waals surface area contributed by atoms with Crippen LogP contribution in [0.5, 0.6) is 0 Å². The molecule has 0 atom stereocenters. The van der Waals surface area contributed by atoms with E-state index in [9.17, 15) is 4.79 Å². The van der Waals surface area contributed by atoms with Crippen molar-refractivity contribution in [3.63, 3.8) is 0 Å². The smallest absolute Gasteiger partial charge is 0.234 e. The van der Waals surface area contributed by atoms with Crippen LogP contribution in [0.2, 0.25) is 0 Å². The molecule has 0 aliphatic heterocycles. The Kier molecular flexibility index (Phi) is 4.58. The molecule has 0 bridgehead atoms. The SMILES string of the molecule is CC(C)NC(=O)CNCCc1c[nH]c2ccccc12. The molecular weight excluding hydrogens is 238 g/mol. The molecule has 4 nitrogen and oxygen atoms in total. The highest BCUT2D eigenvalue weighted by Gasteiger charge is 2.04. The molecular formula is C15H21N3O. The molecule has 1 aromatic heterocycles. The van der Waals surface area contributed by atoms with Crippen LogP contribution in [0, 0.1) is 0 Å². The van der Waals surface area contributed by atoms with Gasteiger partial charge in [-0.1, -0.05) is 18.2 Å². The van der Waals surface area contributed by atoms with Crippen molar-refractivity contribution in [2.45, 2.75) is 26.3 Å². The fourth-order valence-corrected chi connectivity index (χ4v) is 2.14. The standard InChI is InChI=1S/C15H21N3O/c1-11(2)18-15(19)10-16-8-7-12-9-17-14-6-4-3-5-13(12)14/h3-6,9,11,16-17H,7-8,10H2,1-2H3,(H,18,19). The van der Waals surface area contributed by atoms with E-state index in [0.717, 1.165) is 18.5 Å². The summed E-state index contributed by atoms with van der Waals surface area (Å²) in [6.07, 6.45) is 2.96. The minimum atomic E-state index is 0.0499. The van der Waals surface area contributed by atoms with Gasteiger partial charge in [-0.3, -0.25) is 4.79 Å². The number of benzene rings is 1. The molecule has 2 rings (SSSR count). The topological polar surface area (TPSA) is 56.9 Å². The predicted molar refractivity (Wildman–Crippen MR) is 78.2 cm³/mol. The van der Waals surface area contributed by atoms with Crippen LogP contribution in [-0.2, 0) is 11.2 Å². The molecule has 19 heavy (non-hydrogen) atoms. The van der Waals surface area contributed by atoms with Crippen LogP contribution in [0.1, 0.15) is 19.4 Å². The summed E-state index contributed by atoms with van der Waals surface area (Å²) in [5.74, 6) is 0.0499. The molecule has 0 spiro atoms. The van der Waals surface area contributed by atoms with Crippen LogP contribution in [0.3, 0.4) is 0 Å². The second kappa shape index (κ2) is 6.38. The summed E-state index contributed by atoms with van der Waals surface area (Å²) >= 11 is 0. The summed E-state index contributed by atoms with van der Waals surface area (Å²) in [7, 11) is 0. The largest absolute Gasteiger partial charge is 0.361 e. The lowest BCUT2D eigenvalue weighted by Gasteiger charge is -2.08. The third-order valence-corrected chi connectivity index (χ3v) is 2.98. The molecule has 0 fully saturated rings. The number of aromatic amines is 1. The van der Waals surface area contributed by atoms with Gasteiger partial charge in [0.05, 0.1) is 6.54 Å². The van der Waals surface area contributed by atoms with Gasteiger partial charge < -0.3 is 15.6 Å². The number of amides is 1. The molecule has 0 aliphatic rings. The third kappa shape index (κ3) is 3.83. The maximum Gasteiger partial charge on any atom is 0.234 e. The van der Waals surface area contributed by atoms with E-state index in [1.165, 1.54) is 10.9 Å². The molecule has 1 heterocycles. The van der Waals surface area contributed by atoms with E-state index in [0.29, 0.717) is 6.54 Å². The van der Waals surface area contributed by atoms with Gasteiger partial charge in [0.2, 0.25) is 5.91 Å². The number of carbonyl (C=O) groups excluding carboxylic acids is 1. The summed E-state index contributed by atoms with van der Waals surface area (Å²) in [6, 6.07) is 8.46. The average molecular weight is 259 g/mol. The Morgan fingerprint density at radius 1 is 1.32 bits per heavy atom.